The number of hydrogen-bond acceptors (Lipinski definition) is 2. The van der Waals surface area contributed by atoms with Gasteiger partial charge in [-0.2, -0.15) is 0 Å². The number of rotatable bonds is 3. The van der Waals surface area contributed by atoms with E-state index in [1.54, 1.807) is 0 Å². The lowest BCUT2D eigenvalue weighted by atomic mass is 10.1. The quantitative estimate of drug-likeness (QED) is 0.811. The second-order valence-electron chi connectivity index (χ2n) is 4.10. The fraction of sp³-hybridized carbons (Fsp3) is 0. The van der Waals surface area contributed by atoms with Crippen molar-refractivity contribution in [3.8, 4) is 0 Å². The minimum absolute atomic E-state index is 0.0719. The van der Waals surface area contributed by atoms with Crippen molar-refractivity contribution in [2.24, 2.45) is 5.73 Å². The molecule has 0 fully saturated rings. The molecule has 2 aromatic rings. The van der Waals surface area contributed by atoms with Crippen molar-refractivity contribution in [1.29, 1.82) is 0 Å². The van der Waals surface area contributed by atoms with E-state index in [-0.39, 0.29) is 21.8 Å². The maximum Gasteiger partial charge on any atom is 0.259 e. The van der Waals surface area contributed by atoms with Crippen molar-refractivity contribution in [3.63, 3.8) is 0 Å². The summed E-state index contributed by atoms with van der Waals surface area (Å²) < 4.78 is 27.2. The Morgan fingerprint density at radius 2 is 1.95 bits per heavy atom. The van der Waals surface area contributed by atoms with Gasteiger partial charge in [0.2, 0.25) is 0 Å². The summed E-state index contributed by atoms with van der Waals surface area (Å²) in [5, 5.41) is 2.47. The Balaban J connectivity index is 2.39. The smallest absolute Gasteiger partial charge is 0.259 e. The lowest BCUT2D eigenvalue weighted by molar-refractivity contribution is 0.102. The van der Waals surface area contributed by atoms with Crippen LogP contribution in [0.25, 0.3) is 0 Å². The van der Waals surface area contributed by atoms with Crippen LogP contribution in [0.15, 0.2) is 40.9 Å². The van der Waals surface area contributed by atoms with Crippen LogP contribution in [0, 0.1) is 11.6 Å². The zero-order chi connectivity index (χ0) is 15.6. The molecule has 2 aromatic carbocycles. The molecule has 1 amide bonds. The standard InChI is InChI=1S/C14H9BrF2N2OS/c15-9-2-1-3-10(17)12(9)14(20)19-11-5-4-7(16)6-8(11)13(18)21/h1-6H,(H2,18,21)(H,19,20). The number of carbonyl (C=O) groups is 1. The second-order valence-corrected chi connectivity index (χ2v) is 5.40. The molecular formula is C14H9BrF2N2OS. The van der Waals surface area contributed by atoms with Crippen molar-refractivity contribution in [1.82, 2.24) is 0 Å². The summed E-state index contributed by atoms with van der Waals surface area (Å²) in [4.78, 5) is 12.1. The van der Waals surface area contributed by atoms with Crippen molar-refractivity contribution in [2.45, 2.75) is 0 Å². The van der Waals surface area contributed by atoms with E-state index < -0.39 is 17.5 Å². The number of halogens is 3. The van der Waals surface area contributed by atoms with E-state index in [4.69, 9.17) is 18.0 Å². The van der Waals surface area contributed by atoms with Gasteiger partial charge in [-0.25, -0.2) is 8.78 Å². The van der Waals surface area contributed by atoms with E-state index in [9.17, 15) is 13.6 Å². The predicted molar refractivity (Wildman–Crippen MR) is 84.3 cm³/mol. The Kier molecular flexibility index (Phi) is 4.64. The molecule has 0 aliphatic heterocycles. The molecule has 0 unspecified atom stereocenters. The van der Waals surface area contributed by atoms with Crippen LogP contribution in [0.4, 0.5) is 14.5 Å². The predicted octanol–water partition coefficient (Wildman–Crippen LogP) is 3.61. The molecule has 0 radical (unpaired) electrons. The van der Waals surface area contributed by atoms with Gasteiger partial charge >= 0.3 is 0 Å². The molecule has 0 heterocycles. The number of amides is 1. The van der Waals surface area contributed by atoms with Crippen molar-refractivity contribution >= 4 is 44.7 Å². The minimum Gasteiger partial charge on any atom is -0.389 e. The van der Waals surface area contributed by atoms with Crippen molar-refractivity contribution in [2.75, 3.05) is 5.32 Å². The Morgan fingerprint density at radius 3 is 2.57 bits per heavy atom. The van der Waals surface area contributed by atoms with Gasteiger partial charge in [-0.1, -0.05) is 18.3 Å². The molecule has 2 rings (SSSR count). The highest BCUT2D eigenvalue weighted by Gasteiger charge is 2.17. The number of thiocarbonyl (C=S) groups is 1. The van der Waals surface area contributed by atoms with E-state index in [0.29, 0.717) is 4.47 Å². The fourth-order valence-electron chi connectivity index (χ4n) is 1.73. The first-order valence-corrected chi connectivity index (χ1v) is 6.95. The van der Waals surface area contributed by atoms with E-state index in [1.807, 2.05) is 0 Å². The second kappa shape index (κ2) is 6.28. The molecule has 3 N–H and O–H groups in total. The molecule has 0 aromatic heterocycles. The van der Waals surface area contributed by atoms with E-state index in [0.717, 1.165) is 12.1 Å². The Labute approximate surface area is 133 Å². The Morgan fingerprint density at radius 1 is 1.24 bits per heavy atom. The monoisotopic (exact) mass is 370 g/mol. The number of nitrogens with one attached hydrogen (secondary N) is 1. The molecule has 21 heavy (non-hydrogen) atoms. The first-order valence-electron chi connectivity index (χ1n) is 5.75. The lowest BCUT2D eigenvalue weighted by Crippen LogP contribution is -2.19. The zero-order valence-corrected chi connectivity index (χ0v) is 12.9. The summed E-state index contributed by atoms with van der Waals surface area (Å²) in [6.45, 7) is 0. The number of carbonyl (C=O) groups excluding carboxylic acids is 1. The average Bonchev–Trinajstić information content (AvgIpc) is 2.40. The van der Waals surface area contributed by atoms with Crippen LogP contribution in [0.2, 0.25) is 0 Å². The van der Waals surface area contributed by atoms with Crippen LogP contribution in [0.3, 0.4) is 0 Å². The Bertz CT molecular complexity index is 717. The average molecular weight is 371 g/mol. The van der Waals surface area contributed by atoms with Gasteiger partial charge in [-0.05, 0) is 46.3 Å². The molecule has 0 bridgehead atoms. The number of nitrogens with two attached hydrogens (primary N) is 1. The molecule has 0 aliphatic carbocycles. The molecule has 0 spiro atoms. The van der Waals surface area contributed by atoms with Gasteiger partial charge in [0.25, 0.3) is 5.91 Å². The highest BCUT2D eigenvalue weighted by molar-refractivity contribution is 9.10. The first kappa shape index (κ1) is 15.5. The minimum atomic E-state index is -0.691. The molecule has 0 atom stereocenters. The highest BCUT2D eigenvalue weighted by Crippen LogP contribution is 2.23. The molecule has 0 saturated heterocycles. The topological polar surface area (TPSA) is 55.1 Å². The van der Waals surface area contributed by atoms with Gasteiger partial charge in [0.15, 0.2) is 0 Å². The van der Waals surface area contributed by atoms with Crippen LogP contribution in [-0.4, -0.2) is 10.9 Å². The summed E-state index contributed by atoms with van der Waals surface area (Å²) in [5.74, 6) is -1.91. The van der Waals surface area contributed by atoms with Crippen molar-refractivity contribution in [3.05, 3.63) is 63.6 Å². The van der Waals surface area contributed by atoms with Gasteiger partial charge in [0.1, 0.15) is 16.6 Å². The summed E-state index contributed by atoms with van der Waals surface area (Å²) in [5.41, 5.74) is 5.72. The summed E-state index contributed by atoms with van der Waals surface area (Å²) >= 11 is 7.92. The third kappa shape index (κ3) is 3.43. The molecule has 108 valence electrons. The van der Waals surface area contributed by atoms with Crippen molar-refractivity contribution < 1.29 is 13.6 Å². The molecule has 0 saturated carbocycles. The normalized spacial score (nSPS) is 10.2. The molecular weight excluding hydrogens is 362 g/mol. The largest absolute Gasteiger partial charge is 0.389 e. The summed E-state index contributed by atoms with van der Waals surface area (Å²) in [6, 6.07) is 7.74. The van der Waals surface area contributed by atoms with Gasteiger partial charge in [0.05, 0.1) is 11.3 Å². The molecule has 3 nitrogen and oxygen atoms in total. The van der Waals surface area contributed by atoms with E-state index in [1.165, 1.54) is 24.3 Å². The first-order chi connectivity index (χ1) is 9.90. The van der Waals surface area contributed by atoms with E-state index >= 15 is 0 Å². The third-order valence-corrected chi connectivity index (χ3v) is 3.57. The van der Waals surface area contributed by atoms with Gasteiger partial charge in [-0.3, -0.25) is 4.79 Å². The molecule has 7 heteroatoms. The highest BCUT2D eigenvalue weighted by atomic mass is 79.9. The number of benzene rings is 2. The van der Waals surface area contributed by atoms with Crippen LogP contribution >= 0.6 is 28.1 Å². The van der Waals surface area contributed by atoms with Gasteiger partial charge in [-0.15, -0.1) is 0 Å². The summed E-state index contributed by atoms with van der Waals surface area (Å²) in [6.07, 6.45) is 0. The number of anilines is 1. The SMILES string of the molecule is NC(=S)c1cc(F)ccc1NC(=O)c1c(F)cccc1Br. The molecule has 0 aliphatic rings. The third-order valence-electron chi connectivity index (χ3n) is 2.69. The van der Waals surface area contributed by atoms with Crippen LogP contribution in [-0.2, 0) is 0 Å². The van der Waals surface area contributed by atoms with Gasteiger partial charge < -0.3 is 11.1 Å². The summed E-state index contributed by atoms with van der Waals surface area (Å²) in [7, 11) is 0. The van der Waals surface area contributed by atoms with Crippen LogP contribution in [0.5, 0.6) is 0 Å². The zero-order valence-electron chi connectivity index (χ0n) is 10.5. The number of hydrogen-bond donors (Lipinski definition) is 2. The van der Waals surface area contributed by atoms with Crippen LogP contribution < -0.4 is 11.1 Å². The maximum absolute atomic E-state index is 13.7. The van der Waals surface area contributed by atoms with E-state index in [2.05, 4.69) is 21.2 Å². The van der Waals surface area contributed by atoms with Crippen LogP contribution in [0.1, 0.15) is 15.9 Å². The van der Waals surface area contributed by atoms with Gasteiger partial charge in [0, 0.05) is 10.0 Å². The maximum atomic E-state index is 13.7. The Hall–Kier alpha value is -1.86. The fourth-order valence-corrected chi connectivity index (χ4v) is 2.42. The lowest BCUT2D eigenvalue weighted by Gasteiger charge is -2.11.